The van der Waals surface area contributed by atoms with Gasteiger partial charge in [0.25, 0.3) is 0 Å². The van der Waals surface area contributed by atoms with Gasteiger partial charge in [0.15, 0.2) is 0 Å². The van der Waals surface area contributed by atoms with Gasteiger partial charge >= 0.3 is 5.69 Å². The molecule has 2 aromatic rings. The molecule has 112 valence electrons. The molecule has 8 nitrogen and oxygen atoms in total. The highest BCUT2D eigenvalue weighted by Gasteiger charge is 2.17. The first-order valence-electron chi connectivity index (χ1n) is 6.64. The quantitative estimate of drug-likeness (QED) is 0.901. The van der Waals surface area contributed by atoms with Gasteiger partial charge in [-0.05, 0) is 0 Å². The van der Waals surface area contributed by atoms with Crippen LogP contribution in [0.2, 0.25) is 0 Å². The first-order valence-corrected chi connectivity index (χ1v) is 6.64. The van der Waals surface area contributed by atoms with Crippen LogP contribution in [0.5, 0.6) is 0 Å². The fourth-order valence-electron chi connectivity index (χ4n) is 1.66. The molecule has 0 aliphatic rings. The molecular weight excluding hydrogens is 274 g/mol. The summed E-state index contributed by atoms with van der Waals surface area (Å²) in [7, 11) is 0. The molecule has 21 heavy (non-hydrogen) atoms. The third-order valence-corrected chi connectivity index (χ3v) is 2.90. The third kappa shape index (κ3) is 2.83. The lowest BCUT2D eigenvalue weighted by Crippen LogP contribution is -2.26. The summed E-state index contributed by atoms with van der Waals surface area (Å²) in [5.74, 6) is -0.983. The van der Waals surface area contributed by atoms with Crippen LogP contribution in [0.3, 0.4) is 0 Å². The Kier molecular flexibility index (Phi) is 3.88. The summed E-state index contributed by atoms with van der Waals surface area (Å²) in [6.45, 7) is 6.93. The van der Waals surface area contributed by atoms with Crippen molar-refractivity contribution in [3.05, 3.63) is 22.9 Å². The van der Waals surface area contributed by atoms with Crippen molar-refractivity contribution in [2.75, 3.05) is 5.32 Å². The number of hydrogen-bond donors (Lipinski definition) is 1. The van der Waals surface area contributed by atoms with Gasteiger partial charge in [0, 0.05) is 24.2 Å². The molecule has 0 aromatic carbocycles. The molecule has 2 heterocycles. The van der Waals surface area contributed by atoms with Gasteiger partial charge in [0.1, 0.15) is 0 Å². The van der Waals surface area contributed by atoms with Crippen LogP contribution in [0, 0.1) is 11.8 Å². The van der Waals surface area contributed by atoms with E-state index in [0.717, 1.165) is 4.40 Å². The molecule has 0 saturated carbocycles. The Balaban J connectivity index is 2.52. The summed E-state index contributed by atoms with van der Waals surface area (Å²) in [6.07, 6.45) is 2.88. The van der Waals surface area contributed by atoms with Gasteiger partial charge in [-0.3, -0.25) is 19.5 Å². The van der Waals surface area contributed by atoms with Gasteiger partial charge in [-0.15, -0.1) is 0 Å². The van der Waals surface area contributed by atoms with E-state index in [1.165, 1.54) is 17.0 Å². The Labute approximate surface area is 120 Å². The van der Waals surface area contributed by atoms with Crippen LogP contribution in [-0.2, 0) is 4.79 Å². The fraction of sp³-hybridized carbons (Fsp3) is 0.462. The van der Waals surface area contributed by atoms with E-state index in [-0.39, 0.29) is 35.4 Å². The Hall–Kier alpha value is -2.51. The summed E-state index contributed by atoms with van der Waals surface area (Å²) < 4.78 is 2.43. The highest BCUT2D eigenvalue weighted by Crippen LogP contribution is 2.07. The molecule has 8 heteroatoms. The molecule has 1 N–H and O–H groups in total. The van der Waals surface area contributed by atoms with E-state index < -0.39 is 5.69 Å². The van der Waals surface area contributed by atoms with Crippen LogP contribution in [0.1, 0.15) is 32.5 Å². The van der Waals surface area contributed by atoms with E-state index in [9.17, 15) is 14.4 Å². The average Bonchev–Trinajstić information content (AvgIpc) is 2.81. The molecule has 0 radical (unpaired) electrons. The van der Waals surface area contributed by atoms with E-state index in [2.05, 4.69) is 15.3 Å². The number of nitrogens with one attached hydrogen (secondary N) is 1. The van der Waals surface area contributed by atoms with Crippen molar-refractivity contribution in [3.63, 3.8) is 0 Å². The molecule has 0 fully saturated rings. The summed E-state index contributed by atoms with van der Waals surface area (Å²) >= 11 is 0. The van der Waals surface area contributed by atoms with Crippen molar-refractivity contribution < 1.29 is 9.59 Å². The largest absolute Gasteiger partial charge is 0.357 e. The second-order valence-corrected chi connectivity index (χ2v) is 5.30. The minimum Gasteiger partial charge on any atom is -0.294 e. The Morgan fingerprint density at radius 1 is 1.10 bits per heavy atom. The number of aromatic nitrogens is 4. The summed E-state index contributed by atoms with van der Waals surface area (Å²) in [6, 6.07) is 0. The van der Waals surface area contributed by atoms with Crippen LogP contribution in [-0.4, -0.2) is 30.8 Å². The molecule has 0 saturated heterocycles. The first-order chi connectivity index (χ1) is 9.81. The second-order valence-electron chi connectivity index (χ2n) is 5.30. The van der Waals surface area contributed by atoms with Crippen LogP contribution >= 0.6 is 0 Å². The zero-order valence-electron chi connectivity index (χ0n) is 12.3. The van der Waals surface area contributed by atoms with E-state index in [1.807, 2.05) is 0 Å². The molecule has 2 rings (SSSR count). The Morgan fingerprint density at radius 3 is 2.33 bits per heavy atom. The number of rotatable bonds is 3. The predicted molar refractivity (Wildman–Crippen MR) is 76.2 cm³/mol. The van der Waals surface area contributed by atoms with Crippen molar-refractivity contribution in [3.8, 4) is 0 Å². The Bertz CT molecular complexity index is 757. The molecule has 1 amide bonds. The zero-order valence-corrected chi connectivity index (χ0v) is 12.3. The number of hydrogen-bond acceptors (Lipinski definition) is 5. The van der Waals surface area contributed by atoms with E-state index >= 15 is 0 Å². The highest BCUT2D eigenvalue weighted by atomic mass is 16.2. The van der Waals surface area contributed by atoms with Gasteiger partial charge in [0.05, 0.1) is 0 Å². The van der Waals surface area contributed by atoms with Gasteiger partial charge in [0.2, 0.25) is 23.5 Å². The molecule has 0 aliphatic heterocycles. The summed E-state index contributed by atoms with van der Waals surface area (Å²) in [4.78, 5) is 43.4. The van der Waals surface area contributed by atoms with Crippen LogP contribution in [0.15, 0.2) is 17.2 Å². The number of amides is 1. The van der Waals surface area contributed by atoms with Crippen LogP contribution in [0.25, 0.3) is 5.78 Å². The van der Waals surface area contributed by atoms with Crippen molar-refractivity contribution in [1.82, 2.24) is 18.9 Å². The van der Waals surface area contributed by atoms with Crippen molar-refractivity contribution in [2.45, 2.75) is 27.7 Å². The topological polar surface area (TPSA) is 98.4 Å². The maximum atomic E-state index is 12.1. The maximum Gasteiger partial charge on any atom is 0.357 e. The highest BCUT2D eigenvalue weighted by molar-refractivity contribution is 5.90. The number of nitrogens with zero attached hydrogens (tertiary/aromatic N) is 4. The third-order valence-electron chi connectivity index (χ3n) is 2.90. The number of carbonyl (C=O) groups excluding carboxylic acids is 2. The van der Waals surface area contributed by atoms with Crippen LogP contribution < -0.4 is 11.0 Å². The molecule has 0 aliphatic carbocycles. The molecule has 0 atom stereocenters. The molecular formula is C13H17N5O3. The van der Waals surface area contributed by atoms with E-state index in [0.29, 0.717) is 0 Å². The summed E-state index contributed by atoms with van der Waals surface area (Å²) in [5, 5.41) is 2.46. The normalized spacial score (nSPS) is 11.3. The molecule has 0 bridgehead atoms. The second kappa shape index (κ2) is 5.47. The van der Waals surface area contributed by atoms with Crippen molar-refractivity contribution >= 4 is 23.5 Å². The first kappa shape index (κ1) is 14.9. The lowest BCUT2D eigenvalue weighted by Gasteiger charge is -2.08. The summed E-state index contributed by atoms with van der Waals surface area (Å²) in [5.41, 5.74) is -0.602. The minimum absolute atomic E-state index is 0.102. The monoisotopic (exact) mass is 291 g/mol. The lowest BCUT2D eigenvalue weighted by molar-refractivity contribution is -0.118. The molecule has 2 aromatic heterocycles. The SMILES string of the molecule is CC(C)C(=O)Nc1nc(=O)n2ccn(C(=O)C(C)C)c2n1. The number of anilines is 1. The van der Waals surface area contributed by atoms with Gasteiger partial charge in [-0.2, -0.15) is 9.97 Å². The molecule has 0 unspecified atom stereocenters. The smallest absolute Gasteiger partial charge is 0.294 e. The van der Waals surface area contributed by atoms with Gasteiger partial charge in [-0.1, -0.05) is 27.7 Å². The maximum absolute atomic E-state index is 12.1. The number of carbonyl (C=O) groups is 2. The van der Waals surface area contributed by atoms with Crippen molar-refractivity contribution in [2.24, 2.45) is 11.8 Å². The minimum atomic E-state index is -0.602. The molecule has 0 spiro atoms. The van der Waals surface area contributed by atoms with Gasteiger partial charge < -0.3 is 0 Å². The predicted octanol–water partition coefficient (Wildman–Crippen LogP) is 0.782. The number of imidazole rings is 1. The van der Waals surface area contributed by atoms with E-state index in [1.54, 1.807) is 27.7 Å². The van der Waals surface area contributed by atoms with Gasteiger partial charge in [-0.25, -0.2) is 9.20 Å². The number of fused-ring (bicyclic) bond motifs is 1. The zero-order chi connectivity index (χ0) is 15.7. The van der Waals surface area contributed by atoms with E-state index in [4.69, 9.17) is 0 Å². The standard InChI is InChI=1S/C13H17N5O3/c1-7(2)9(19)14-11-15-12-17(10(20)8(3)4)5-6-18(12)13(21)16-11/h5-8H,1-4H3,(H,14,16,19,21). The average molecular weight is 291 g/mol. The Morgan fingerprint density at radius 2 is 1.76 bits per heavy atom. The van der Waals surface area contributed by atoms with Crippen LogP contribution in [0.4, 0.5) is 5.95 Å². The van der Waals surface area contributed by atoms with Crippen molar-refractivity contribution in [1.29, 1.82) is 0 Å². The fourth-order valence-corrected chi connectivity index (χ4v) is 1.66. The lowest BCUT2D eigenvalue weighted by atomic mass is 10.2.